The summed E-state index contributed by atoms with van der Waals surface area (Å²) in [4.78, 5) is 4.08. The molecule has 1 unspecified atom stereocenters. The van der Waals surface area contributed by atoms with Crippen molar-refractivity contribution in [3.63, 3.8) is 0 Å². The zero-order valence-electron chi connectivity index (χ0n) is 11.9. The molecule has 0 bridgehead atoms. The third-order valence-electron chi connectivity index (χ3n) is 3.19. The Morgan fingerprint density at radius 1 is 1.24 bits per heavy atom. The van der Waals surface area contributed by atoms with E-state index in [0.29, 0.717) is 6.61 Å². The number of hydrogen-bond donors (Lipinski definition) is 1. The molecule has 0 aliphatic rings. The van der Waals surface area contributed by atoms with Crippen LogP contribution in [0.3, 0.4) is 0 Å². The number of nitrogens with two attached hydrogens (primary N) is 1. The molecule has 0 aliphatic heterocycles. The van der Waals surface area contributed by atoms with Crippen molar-refractivity contribution in [2.75, 3.05) is 0 Å². The van der Waals surface area contributed by atoms with Crippen molar-refractivity contribution in [1.29, 1.82) is 0 Å². The minimum atomic E-state index is 0.186. The van der Waals surface area contributed by atoms with Gasteiger partial charge in [0.25, 0.3) is 0 Å². The molecule has 0 amide bonds. The average molecular weight is 414 g/mol. The van der Waals surface area contributed by atoms with Crippen LogP contribution in [0.4, 0.5) is 0 Å². The maximum absolute atomic E-state index is 6.01. The Labute approximate surface area is 142 Å². The Bertz CT molecular complexity index is 567. The summed E-state index contributed by atoms with van der Waals surface area (Å²) < 4.78 is 7.73. The molecule has 1 heterocycles. The van der Waals surface area contributed by atoms with Gasteiger partial charge in [-0.05, 0) is 68.5 Å². The van der Waals surface area contributed by atoms with Crippen LogP contribution in [-0.4, -0.2) is 11.0 Å². The van der Waals surface area contributed by atoms with Gasteiger partial charge in [0, 0.05) is 24.0 Å². The second-order valence-electron chi connectivity index (χ2n) is 4.91. The topological polar surface area (TPSA) is 48.1 Å². The summed E-state index contributed by atoms with van der Waals surface area (Å²) >= 11 is 7.14. The second kappa shape index (κ2) is 7.92. The van der Waals surface area contributed by atoms with E-state index >= 15 is 0 Å². The van der Waals surface area contributed by atoms with Gasteiger partial charge in [-0.2, -0.15) is 0 Å². The van der Waals surface area contributed by atoms with Gasteiger partial charge < -0.3 is 10.5 Å². The molecule has 1 aromatic heterocycles. The van der Waals surface area contributed by atoms with Crippen LogP contribution in [0.1, 0.15) is 24.5 Å². The maximum atomic E-state index is 6.01. The van der Waals surface area contributed by atoms with Gasteiger partial charge in [-0.15, -0.1) is 0 Å². The van der Waals surface area contributed by atoms with Gasteiger partial charge in [0.05, 0.1) is 8.95 Å². The van der Waals surface area contributed by atoms with Crippen molar-refractivity contribution in [2.45, 2.75) is 32.4 Å². The summed E-state index contributed by atoms with van der Waals surface area (Å²) in [6.45, 7) is 2.58. The van der Waals surface area contributed by atoms with Gasteiger partial charge in [-0.25, -0.2) is 0 Å². The minimum absolute atomic E-state index is 0.186. The first kappa shape index (κ1) is 16.5. The molecule has 0 radical (unpaired) electrons. The molecule has 2 rings (SSSR count). The molecule has 2 N–H and O–H groups in total. The van der Waals surface area contributed by atoms with Crippen LogP contribution in [0.25, 0.3) is 0 Å². The van der Waals surface area contributed by atoms with Gasteiger partial charge in [0.1, 0.15) is 12.4 Å². The van der Waals surface area contributed by atoms with Crippen molar-refractivity contribution in [3.8, 4) is 5.75 Å². The highest BCUT2D eigenvalue weighted by atomic mass is 79.9. The zero-order chi connectivity index (χ0) is 15.2. The predicted octanol–water partition coefficient (Wildman–Crippen LogP) is 4.47. The number of nitrogens with zero attached hydrogens (tertiary/aromatic N) is 1. The molecule has 0 spiro atoms. The minimum Gasteiger partial charge on any atom is -0.486 e. The van der Waals surface area contributed by atoms with E-state index in [4.69, 9.17) is 10.5 Å². The van der Waals surface area contributed by atoms with E-state index in [0.717, 1.165) is 33.1 Å². The molecule has 112 valence electrons. The molecular weight excluding hydrogens is 396 g/mol. The summed E-state index contributed by atoms with van der Waals surface area (Å²) in [6.07, 6.45) is 5.38. The standard InChI is InChI=1S/C16H18Br2N2O/c1-2-13(19)6-12-7-14(17)16(15(18)8-12)21-10-11-4-3-5-20-9-11/h3-5,7-9,13H,2,6,10,19H2,1H3. The number of aromatic nitrogens is 1. The number of pyridine rings is 1. The van der Waals surface area contributed by atoms with Crippen LogP contribution >= 0.6 is 31.9 Å². The molecular formula is C16H18Br2N2O. The highest BCUT2D eigenvalue weighted by Gasteiger charge is 2.11. The quantitative estimate of drug-likeness (QED) is 0.760. The van der Waals surface area contributed by atoms with Gasteiger partial charge in [0.2, 0.25) is 0 Å². The largest absolute Gasteiger partial charge is 0.486 e. The van der Waals surface area contributed by atoms with Crippen LogP contribution < -0.4 is 10.5 Å². The zero-order valence-corrected chi connectivity index (χ0v) is 15.0. The Balaban J connectivity index is 2.10. The fraction of sp³-hybridized carbons (Fsp3) is 0.312. The highest BCUT2D eigenvalue weighted by molar-refractivity contribution is 9.11. The van der Waals surface area contributed by atoms with E-state index < -0.39 is 0 Å². The number of rotatable bonds is 6. The Hall–Kier alpha value is -0.910. The first-order chi connectivity index (χ1) is 10.1. The monoisotopic (exact) mass is 412 g/mol. The van der Waals surface area contributed by atoms with Gasteiger partial charge in [-0.1, -0.05) is 13.0 Å². The van der Waals surface area contributed by atoms with E-state index in [2.05, 4.69) is 55.9 Å². The summed E-state index contributed by atoms with van der Waals surface area (Å²) in [6, 6.07) is 8.21. The molecule has 1 atom stereocenters. The number of ether oxygens (including phenoxy) is 1. The number of benzene rings is 1. The molecule has 0 saturated heterocycles. The lowest BCUT2D eigenvalue weighted by Gasteiger charge is -2.14. The second-order valence-corrected chi connectivity index (χ2v) is 6.62. The summed E-state index contributed by atoms with van der Waals surface area (Å²) in [5.41, 5.74) is 8.24. The molecule has 1 aromatic carbocycles. The molecule has 3 nitrogen and oxygen atoms in total. The van der Waals surface area contributed by atoms with Crippen LogP contribution in [0, 0.1) is 0 Å². The fourth-order valence-electron chi connectivity index (χ4n) is 1.95. The smallest absolute Gasteiger partial charge is 0.148 e. The summed E-state index contributed by atoms with van der Waals surface area (Å²) in [5, 5.41) is 0. The lowest BCUT2D eigenvalue weighted by atomic mass is 10.0. The summed E-state index contributed by atoms with van der Waals surface area (Å²) in [5.74, 6) is 0.799. The van der Waals surface area contributed by atoms with E-state index in [1.165, 1.54) is 5.56 Å². The van der Waals surface area contributed by atoms with Gasteiger partial charge >= 0.3 is 0 Å². The fourth-order valence-corrected chi connectivity index (χ4v) is 3.46. The first-order valence-electron chi connectivity index (χ1n) is 6.85. The van der Waals surface area contributed by atoms with Crippen LogP contribution in [0.15, 0.2) is 45.6 Å². The number of hydrogen-bond acceptors (Lipinski definition) is 3. The van der Waals surface area contributed by atoms with E-state index in [9.17, 15) is 0 Å². The van der Waals surface area contributed by atoms with Crippen LogP contribution in [0.5, 0.6) is 5.75 Å². The van der Waals surface area contributed by atoms with E-state index in [1.807, 2.05) is 12.1 Å². The van der Waals surface area contributed by atoms with Gasteiger partial charge in [-0.3, -0.25) is 4.98 Å². The normalized spacial score (nSPS) is 12.2. The molecule has 5 heteroatoms. The predicted molar refractivity (Wildman–Crippen MR) is 92.4 cm³/mol. The molecule has 0 saturated carbocycles. The lowest BCUT2D eigenvalue weighted by molar-refractivity contribution is 0.301. The van der Waals surface area contributed by atoms with E-state index in [1.54, 1.807) is 12.4 Å². The van der Waals surface area contributed by atoms with Crippen molar-refractivity contribution >= 4 is 31.9 Å². The Morgan fingerprint density at radius 2 is 1.95 bits per heavy atom. The highest BCUT2D eigenvalue weighted by Crippen LogP contribution is 2.35. The summed E-state index contributed by atoms with van der Waals surface area (Å²) in [7, 11) is 0. The third-order valence-corrected chi connectivity index (χ3v) is 4.36. The van der Waals surface area contributed by atoms with E-state index in [-0.39, 0.29) is 6.04 Å². The van der Waals surface area contributed by atoms with Crippen molar-refractivity contribution in [3.05, 3.63) is 56.7 Å². The Kier molecular flexibility index (Phi) is 6.21. The molecule has 2 aromatic rings. The van der Waals surface area contributed by atoms with Crippen molar-refractivity contribution in [2.24, 2.45) is 5.73 Å². The van der Waals surface area contributed by atoms with Crippen molar-refractivity contribution < 1.29 is 4.74 Å². The SMILES string of the molecule is CCC(N)Cc1cc(Br)c(OCc2cccnc2)c(Br)c1. The molecule has 0 aliphatic carbocycles. The van der Waals surface area contributed by atoms with Crippen molar-refractivity contribution in [1.82, 2.24) is 4.98 Å². The molecule has 21 heavy (non-hydrogen) atoms. The van der Waals surface area contributed by atoms with Crippen LogP contribution in [0.2, 0.25) is 0 Å². The lowest BCUT2D eigenvalue weighted by Crippen LogP contribution is -2.21. The molecule has 0 fully saturated rings. The maximum Gasteiger partial charge on any atom is 0.148 e. The number of halogens is 2. The van der Waals surface area contributed by atoms with Gasteiger partial charge in [0.15, 0.2) is 0 Å². The Morgan fingerprint density at radius 3 is 2.52 bits per heavy atom. The first-order valence-corrected chi connectivity index (χ1v) is 8.44. The third kappa shape index (κ3) is 4.80. The average Bonchev–Trinajstić information content (AvgIpc) is 2.47. The van der Waals surface area contributed by atoms with Crippen LogP contribution in [-0.2, 0) is 13.0 Å².